The van der Waals surface area contributed by atoms with Crippen LogP contribution in [0.1, 0.15) is 12.8 Å². The molecule has 2 aromatic rings. The van der Waals surface area contributed by atoms with E-state index >= 15 is 0 Å². The summed E-state index contributed by atoms with van der Waals surface area (Å²) in [4.78, 5) is 4.14. The molecule has 0 heterocycles. The van der Waals surface area contributed by atoms with Crippen LogP contribution in [-0.2, 0) is 10.0 Å². The molecule has 2 aromatic carbocycles. The second-order valence-corrected chi connectivity index (χ2v) is 7.99. The normalized spacial score (nSPS) is 11.7. The highest BCUT2D eigenvalue weighted by atomic mass is 127. The summed E-state index contributed by atoms with van der Waals surface area (Å²) in [5.74, 6) is 1.56. The van der Waals surface area contributed by atoms with E-state index in [-0.39, 0.29) is 24.0 Å². The van der Waals surface area contributed by atoms with Crippen LogP contribution in [0.2, 0.25) is 0 Å². The molecule has 0 saturated carbocycles. The number of sulfonamides is 1. The molecule has 0 amide bonds. The lowest BCUT2D eigenvalue weighted by atomic mass is 10.1. The highest BCUT2D eigenvalue weighted by Gasteiger charge is 2.01. The maximum atomic E-state index is 11.0. The van der Waals surface area contributed by atoms with E-state index in [0.717, 1.165) is 25.0 Å². The van der Waals surface area contributed by atoms with E-state index in [1.165, 1.54) is 10.8 Å². The number of nitrogens with zero attached hydrogens (tertiary/aromatic N) is 1. The summed E-state index contributed by atoms with van der Waals surface area (Å²) in [6, 6.07) is 14.3. The average molecular weight is 520 g/mol. The number of benzene rings is 2. The Balaban J connectivity index is 0.00000392. The highest BCUT2D eigenvalue weighted by molar-refractivity contribution is 14.0. The van der Waals surface area contributed by atoms with Gasteiger partial charge in [-0.3, -0.25) is 4.99 Å². The minimum Gasteiger partial charge on any atom is -0.494 e. The Morgan fingerprint density at radius 1 is 1.00 bits per heavy atom. The lowest BCUT2D eigenvalue weighted by molar-refractivity contribution is 0.311. The van der Waals surface area contributed by atoms with Crippen molar-refractivity contribution >= 4 is 50.7 Å². The van der Waals surface area contributed by atoms with Gasteiger partial charge < -0.3 is 15.4 Å². The van der Waals surface area contributed by atoms with Crippen LogP contribution in [0, 0.1) is 0 Å². The van der Waals surface area contributed by atoms with Gasteiger partial charge in [-0.15, -0.1) is 24.0 Å². The maximum Gasteiger partial charge on any atom is 0.208 e. The van der Waals surface area contributed by atoms with E-state index in [1.807, 2.05) is 24.3 Å². The summed E-state index contributed by atoms with van der Waals surface area (Å²) in [6.45, 7) is 2.38. The van der Waals surface area contributed by atoms with Crippen LogP contribution in [0.5, 0.6) is 5.75 Å². The van der Waals surface area contributed by atoms with E-state index in [1.54, 1.807) is 7.05 Å². The minimum absolute atomic E-state index is 0. The maximum absolute atomic E-state index is 11.0. The molecular formula is C19H29IN4O3S. The monoisotopic (exact) mass is 520 g/mol. The standard InChI is InChI=1S/C19H28N4O3S.HI/c1-20-19(21-11-5-13-23-27(2,24)25)22-12-6-14-26-18-10-9-16-7-3-4-8-17(16)15-18;/h3-4,7-10,15,23H,5-6,11-14H2,1-2H3,(H2,20,21,22);1H. The summed E-state index contributed by atoms with van der Waals surface area (Å²) >= 11 is 0. The molecule has 0 radical (unpaired) electrons. The summed E-state index contributed by atoms with van der Waals surface area (Å²) < 4.78 is 30.2. The zero-order valence-corrected chi connectivity index (χ0v) is 19.4. The summed E-state index contributed by atoms with van der Waals surface area (Å²) in [5, 5.41) is 8.73. The van der Waals surface area contributed by atoms with Crippen LogP contribution < -0.4 is 20.1 Å². The van der Waals surface area contributed by atoms with Gasteiger partial charge in [0.05, 0.1) is 12.9 Å². The van der Waals surface area contributed by atoms with Gasteiger partial charge in [-0.2, -0.15) is 0 Å². The molecule has 0 fully saturated rings. The number of halogens is 1. The number of rotatable bonds is 10. The van der Waals surface area contributed by atoms with E-state index in [2.05, 4.69) is 38.5 Å². The molecule has 3 N–H and O–H groups in total. The van der Waals surface area contributed by atoms with E-state index in [4.69, 9.17) is 4.74 Å². The molecule has 2 rings (SSSR count). The Morgan fingerprint density at radius 3 is 2.36 bits per heavy atom. The van der Waals surface area contributed by atoms with Gasteiger partial charge in [-0.05, 0) is 35.7 Å². The van der Waals surface area contributed by atoms with Crippen molar-refractivity contribution in [3.63, 3.8) is 0 Å². The number of guanidine groups is 1. The first-order valence-electron chi connectivity index (χ1n) is 8.99. The van der Waals surface area contributed by atoms with Crippen molar-refractivity contribution in [2.45, 2.75) is 12.8 Å². The first-order chi connectivity index (χ1) is 13.0. The average Bonchev–Trinajstić information content (AvgIpc) is 2.64. The predicted octanol–water partition coefficient (Wildman–Crippen LogP) is 2.33. The van der Waals surface area contributed by atoms with Gasteiger partial charge in [0.2, 0.25) is 10.0 Å². The van der Waals surface area contributed by atoms with Crippen molar-refractivity contribution in [2.24, 2.45) is 4.99 Å². The number of aliphatic imine (C=N–C) groups is 1. The molecule has 0 aliphatic carbocycles. The molecule has 7 nitrogen and oxygen atoms in total. The third-order valence-electron chi connectivity index (χ3n) is 3.84. The Morgan fingerprint density at radius 2 is 1.68 bits per heavy atom. The minimum atomic E-state index is -3.12. The molecular weight excluding hydrogens is 491 g/mol. The zero-order chi connectivity index (χ0) is 19.5. The van der Waals surface area contributed by atoms with Crippen LogP contribution in [-0.4, -0.2) is 53.9 Å². The van der Waals surface area contributed by atoms with Crippen LogP contribution in [0.4, 0.5) is 0 Å². The van der Waals surface area contributed by atoms with Crippen molar-refractivity contribution in [1.29, 1.82) is 0 Å². The number of fused-ring (bicyclic) bond motifs is 1. The molecule has 156 valence electrons. The van der Waals surface area contributed by atoms with Gasteiger partial charge in [0, 0.05) is 26.7 Å². The molecule has 0 bridgehead atoms. The molecule has 0 aromatic heterocycles. The Kier molecular flexibility index (Phi) is 11.2. The van der Waals surface area contributed by atoms with Crippen LogP contribution >= 0.6 is 24.0 Å². The third-order valence-corrected chi connectivity index (χ3v) is 4.57. The molecule has 0 atom stereocenters. The fourth-order valence-electron chi connectivity index (χ4n) is 2.50. The van der Waals surface area contributed by atoms with Crippen LogP contribution in [0.25, 0.3) is 10.8 Å². The Bertz CT molecular complexity index is 859. The predicted molar refractivity (Wildman–Crippen MR) is 126 cm³/mol. The fourth-order valence-corrected chi connectivity index (χ4v) is 3.01. The SMILES string of the molecule is CN=C(NCCCNS(C)(=O)=O)NCCCOc1ccc2ccccc2c1.I. The van der Waals surface area contributed by atoms with E-state index in [9.17, 15) is 8.42 Å². The second kappa shape index (κ2) is 12.8. The topological polar surface area (TPSA) is 91.8 Å². The first kappa shape index (κ1) is 24.4. The number of nitrogens with one attached hydrogen (secondary N) is 3. The lowest BCUT2D eigenvalue weighted by Gasteiger charge is -2.12. The molecule has 0 aliphatic rings. The zero-order valence-electron chi connectivity index (χ0n) is 16.3. The molecule has 9 heteroatoms. The second-order valence-electron chi connectivity index (χ2n) is 6.16. The molecule has 28 heavy (non-hydrogen) atoms. The largest absolute Gasteiger partial charge is 0.494 e. The van der Waals surface area contributed by atoms with Gasteiger partial charge >= 0.3 is 0 Å². The van der Waals surface area contributed by atoms with Crippen molar-refractivity contribution in [2.75, 3.05) is 39.5 Å². The summed E-state index contributed by atoms with van der Waals surface area (Å²) in [7, 11) is -1.42. The first-order valence-corrected chi connectivity index (χ1v) is 10.9. The van der Waals surface area contributed by atoms with E-state index in [0.29, 0.717) is 32.1 Å². The van der Waals surface area contributed by atoms with Gasteiger partial charge in [-0.25, -0.2) is 13.1 Å². The number of ether oxygens (including phenoxy) is 1. The van der Waals surface area contributed by atoms with E-state index < -0.39 is 10.0 Å². The summed E-state index contributed by atoms with van der Waals surface area (Å²) in [6.07, 6.45) is 2.67. The lowest BCUT2D eigenvalue weighted by Crippen LogP contribution is -2.39. The van der Waals surface area contributed by atoms with Crippen molar-refractivity contribution in [1.82, 2.24) is 15.4 Å². The highest BCUT2D eigenvalue weighted by Crippen LogP contribution is 2.20. The van der Waals surface area contributed by atoms with Crippen molar-refractivity contribution < 1.29 is 13.2 Å². The van der Waals surface area contributed by atoms with Gasteiger partial charge in [-0.1, -0.05) is 30.3 Å². The van der Waals surface area contributed by atoms with Gasteiger partial charge in [0.15, 0.2) is 5.96 Å². The van der Waals surface area contributed by atoms with Crippen LogP contribution in [0.3, 0.4) is 0 Å². The smallest absolute Gasteiger partial charge is 0.208 e. The molecule has 0 unspecified atom stereocenters. The quantitative estimate of drug-likeness (QED) is 0.194. The fraction of sp³-hybridized carbons (Fsp3) is 0.421. The summed E-state index contributed by atoms with van der Waals surface area (Å²) in [5.41, 5.74) is 0. The molecule has 0 spiro atoms. The third kappa shape index (κ3) is 9.56. The van der Waals surface area contributed by atoms with Gasteiger partial charge in [0.25, 0.3) is 0 Å². The molecule has 0 aliphatic heterocycles. The Labute approximate surface area is 184 Å². The van der Waals surface area contributed by atoms with Crippen LogP contribution in [0.15, 0.2) is 47.5 Å². The Hall–Kier alpha value is -1.59. The number of hydrogen-bond acceptors (Lipinski definition) is 4. The number of hydrogen-bond donors (Lipinski definition) is 3. The molecule has 0 saturated heterocycles. The van der Waals surface area contributed by atoms with Crippen molar-refractivity contribution in [3.05, 3.63) is 42.5 Å². The van der Waals surface area contributed by atoms with Crippen molar-refractivity contribution in [3.8, 4) is 5.75 Å². The van der Waals surface area contributed by atoms with Gasteiger partial charge in [0.1, 0.15) is 5.75 Å².